The third-order valence-electron chi connectivity index (χ3n) is 4.16. The second-order valence-corrected chi connectivity index (χ2v) is 7.89. The van der Waals surface area contributed by atoms with Crippen LogP contribution in [-0.2, 0) is 14.8 Å². The Morgan fingerprint density at radius 2 is 1.48 bits per heavy atom. The van der Waals surface area contributed by atoms with Gasteiger partial charge in [-0.3, -0.25) is 9.59 Å². The minimum Gasteiger partial charge on any atom is -0.326 e. The number of sulfonamides is 1. The Morgan fingerprint density at radius 3 is 2.04 bits per heavy atom. The number of carbonyl (C=O) groups is 2. The molecule has 27 heavy (non-hydrogen) atoms. The van der Waals surface area contributed by atoms with Crippen LogP contribution in [0.1, 0.15) is 37.0 Å². The number of nitrogens with zero attached hydrogens (tertiary/aromatic N) is 1. The van der Waals surface area contributed by atoms with E-state index in [-0.39, 0.29) is 29.4 Å². The fourth-order valence-corrected chi connectivity index (χ4v) is 4.10. The highest BCUT2D eigenvalue weighted by molar-refractivity contribution is 7.89. The van der Waals surface area contributed by atoms with Gasteiger partial charge >= 0.3 is 0 Å². The highest BCUT2D eigenvalue weighted by Gasteiger charge is 2.21. The zero-order chi connectivity index (χ0) is 19.9. The van der Waals surface area contributed by atoms with E-state index < -0.39 is 10.0 Å². The summed E-state index contributed by atoms with van der Waals surface area (Å²) in [7, 11) is -3.52. The SMILES string of the molecule is CCN(CC)S(=O)(=O)c1ccc(NC(=O)CCC(=O)c2ccccc2)cc1. The van der Waals surface area contributed by atoms with Crippen molar-refractivity contribution in [2.45, 2.75) is 31.6 Å². The molecule has 0 bridgehead atoms. The molecule has 0 fully saturated rings. The van der Waals surface area contributed by atoms with Crippen LogP contribution in [0.4, 0.5) is 5.69 Å². The van der Waals surface area contributed by atoms with Gasteiger partial charge in [0, 0.05) is 37.2 Å². The molecule has 2 rings (SSSR count). The fraction of sp³-hybridized carbons (Fsp3) is 0.300. The predicted molar refractivity (Wildman–Crippen MR) is 105 cm³/mol. The van der Waals surface area contributed by atoms with Gasteiger partial charge in [0.2, 0.25) is 15.9 Å². The van der Waals surface area contributed by atoms with E-state index in [1.54, 1.807) is 50.2 Å². The largest absolute Gasteiger partial charge is 0.326 e. The molecule has 144 valence electrons. The van der Waals surface area contributed by atoms with E-state index >= 15 is 0 Å². The topological polar surface area (TPSA) is 83.6 Å². The molecule has 6 nitrogen and oxygen atoms in total. The smallest absolute Gasteiger partial charge is 0.243 e. The van der Waals surface area contributed by atoms with Gasteiger partial charge in [0.25, 0.3) is 0 Å². The van der Waals surface area contributed by atoms with E-state index in [4.69, 9.17) is 0 Å². The van der Waals surface area contributed by atoms with Crippen LogP contribution in [0.5, 0.6) is 0 Å². The number of nitrogens with one attached hydrogen (secondary N) is 1. The molecule has 0 atom stereocenters. The number of hydrogen-bond donors (Lipinski definition) is 1. The third-order valence-corrected chi connectivity index (χ3v) is 6.22. The number of rotatable bonds is 9. The van der Waals surface area contributed by atoms with Crippen LogP contribution in [0.25, 0.3) is 0 Å². The number of amides is 1. The Balaban J connectivity index is 1.94. The van der Waals surface area contributed by atoms with Crippen molar-refractivity contribution in [1.82, 2.24) is 4.31 Å². The first-order chi connectivity index (χ1) is 12.9. The third kappa shape index (κ3) is 5.48. The summed E-state index contributed by atoms with van der Waals surface area (Å²) in [6.07, 6.45) is 0.178. The maximum atomic E-state index is 12.4. The van der Waals surface area contributed by atoms with Crippen LogP contribution >= 0.6 is 0 Å². The minimum atomic E-state index is -3.52. The zero-order valence-electron chi connectivity index (χ0n) is 15.5. The second-order valence-electron chi connectivity index (χ2n) is 5.95. The summed E-state index contributed by atoms with van der Waals surface area (Å²) in [5, 5.41) is 2.69. The summed E-state index contributed by atoms with van der Waals surface area (Å²) < 4.78 is 26.3. The van der Waals surface area contributed by atoms with Crippen molar-refractivity contribution in [3.8, 4) is 0 Å². The summed E-state index contributed by atoms with van der Waals surface area (Å²) in [5.41, 5.74) is 1.07. The second kappa shape index (κ2) is 9.43. The molecule has 1 amide bonds. The van der Waals surface area contributed by atoms with Crippen molar-refractivity contribution in [2.75, 3.05) is 18.4 Å². The molecule has 0 radical (unpaired) electrons. The Hall–Kier alpha value is -2.51. The fourth-order valence-electron chi connectivity index (χ4n) is 2.64. The predicted octanol–water partition coefficient (Wildman–Crippen LogP) is 3.32. The lowest BCUT2D eigenvalue weighted by molar-refractivity contribution is -0.116. The van der Waals surface area contributed by atoms with Gasteiger partial charge in [-0.15, -0.1) is 0 Å². The molecule has 0 spiro atoms. The van der Waals surface area contributed by atoms with Crippen molar-refractivity contribution < 1.29 is 18.0 Å². The van der Waals surface area contributed by atoms with E-state index in [0.29, 0.717) is 24.3 Å². The molecule has 2 aromatic carbocycles. The monoisotopic (exact) mass is 388 g/mol. The van der Waals surface area contributed by atoms with Crippen LogP contribution in [0.15, 0.2) is 59.5 Å². The van der Waals surface area contributed by atoms with E-state index in [1.165, 1.54) is 16.4 Å². The van der Waals surface area contributed by atoms with Gasteiger partial charge in [0.1, 0.15) is 0 Å². The first kappa shape index (κ1) is 20.8. The molecule has 0 aliphatic heterocycles. The van der Waals surface area contributed by atoms with Crippen molar-refractivity contribution in [3.05, 3.63) is 60.2 Å². The van der Waals surface area contributed by atoms with Gasteiger partial charge in [-0.25, -0.2) is 8.42 Å². The summed E-state index contributed by atoms with van der Waals surface area (Å²) >= 11 is 0. The quantitative estimate of drug-likeness (QED) is 0.668. The summed E-state index contributed by atoms with van der Waals surface area (Å²) in [6, 6.07) is 14.9. The van der Waals surface area contributed by atoms with Crippen LogP contribution in [0.3, 0.4) is 0 Å². The van der Waals surface area contributed by atoms with Gasteiger partial charge in [-0.2, -0.15) is 4.31 Å². The molecule has 7 heteroatoms. The maximum absolute atomic E-state index is 12.4. The van der Waals surface area contributed by atoms with E-state index in [1.807, 2.05) is 6.07 Å². The lowest BCUT2D eigenvalue weighted by Gasteiger charge is -2.18. The van der Waals surface area contributed by atoms with Crippen LogP contribution in [-0.4, -0.2) is 37.5 Å². The lowest BCUT2D eigenvalue weighted by atomic mass is 10.1. The van der Waals surface area contributed by atoms with Crippen LogP contribution in [0, 0.1) is 0 Å². The Morgan fingerprint density at radius 1 is 0.889 bits per heavy atom. The average molecular weight is 388 g/mol. The molecule has 2 aromatic rings. The molecule has 0 aromatic heterocycles. The zero-order valence-corrected chi connectivity index (χ0v) is 16.3. The van der Waals surface area contributed by atoms with Crippen molar-refractivity contribution >= 4 is 27.4 Å². The number of Topliss-reactive ketones (excluding diaryl/α,β-unsaturated/α-hetero) is 1. The maximum Gasteiger partial charge on any atom is 0.243 e. The van der Waals surface area contributed by atoms with Gasteiger partial charge in [-0.05, 0) is 24.3 Å². The first-order valence-corrected chi connectivity index (χ1v) is 10.3. The molecule has 0 saturated carbocycles. The molecule has 0 aliphatic rings. The molecule has 1 N–H and O–H groups in total. The van der Waals surface area contributed by atoms with E-state index in [0.717, 1.165) is 0 Å². The van der Waals surface area contributed by atoms with Crippen molar-refractivity contribution in [2.24, 2.45) is 0 Å². The van der Waals surface area contributed by atoms with Gasteiger partial charge in [0.15, 0.2) is 5.78 Å². The van der Waals surface area contributed by atoms with Gasteiger partial charge < -0.3 is 5.32 Å². The molecule has 0 saturated heterocycles. The highest BCUT2D eigenvalue weighted by atomic mass is 32.2. The Kier molecular flexibility index (Phi) is 7.27. The van der Waals surface area contributed by atoms with E-state index in [9.17, 15) is 18.0 Å². The number of benzene rings is 2. The number of anilines is 1. The minimum absolute atomic E-state index is 0.0627. The van der Waals surface area contributed by atoms with Gasteiger partial charge in [0.05, 0.1) is 4.90 Å². The highest BCUT2D eigenvalue weighted by Crippen LogP contribution is 2.18. The lowest BCUT2D eigenvalue weighted by Crippen LogP contribution is -2.30. The molecule has 0 aliphatic carbocycles. The van der Waals surface area contributed by atoms with Crippen molar-refractivity contribution in [3.63, 3.8) is 0 Å². The average Bonchev–Trinajstić information content (AvgIpc) is 2.68. The molecular formula is C20H24N2O4S. The molecule has 0 unspecified atom stereocenters. The molecular weight excluding hydrogens is 364 g/mol. The Bertz CT molecular complexity index is 874. The normalized spacial score (nSPS) is 11.4. The number of hydrogen-bond acceptors (Lipinski definition) is 4. The van der Waals surface area contributed by atoms with E-state index in [2.05, 4.69) is 5.32 Å². The van der Waals surface area contributed by atoms with Crippen LogP contribution < -0.4 is 5.32 Å². The molecule has 0 heterocycles. The number of carbonyl (C=O) groups excluding carboxylic acids is 2. The Labute approximate surface area is 160 Å². The van der Waals surface area contributed by atoms with Crippen LogP contribution in [0.2, 0.25) is 0 Å². The first-order valence-electron chi connectivity index (χ1n) is 8.86. The summed E-state index contributed by atoms with van der Waals surface area (Å²) in [6.45, 7) is 4.36. The summed E-state index contributed by atoms with van der Waals surface area (Å²) in [4.78, 5) is 24.3. The summed E-state index contributed by atoms with van der Waals surface area (Å²) in [5.74, 6) is -0.384. The standard InChI is InChI=1S/C20H24N2O4S/c1-3-22(4-2)27(25,26)18-12-10-17(11-13-18)21-20(24)15-14-19(23)16-8-6-5-7-9-16/h5-13H,3-4,14-15H2,1-2H3,(H,21,24). The van der Waals surface area contributed by atoms with Gasteiger partial charge in [-0.1, -0.05) is 44.2 Å². The number of ketones is 1. The van der Waals surface area contributed by atoms with Crippen molar-refractivity contribution in [1.29, 1.82) is 0 Å².